The molecule has 1 amide bonds. The number of hydrogen-bond acceptors (Lipinski definition) is 4. The quantitative estimate of drug-likeness (QED) is 0.878. The summed E-state index contributed by atoms with van der Waals surface area (Å²) in [4.78, 5) is 13.5. The number of halogens is 1. The SMILES string of the molecule is CCN(CCC#N)C(=O)Cn1cc(Br)c(N)n1. The maximum absolute atomic E-state index is 11.9. The molecule has 0 fully saturated rings. The number of carbonyl (C=O) groups is 1. The Labute approximate surface area is 108 Å². The number of carbonyl (C=O) groups excluding carboxylic acids is 1. The van der Waals surface area contributed by atoms with Gasteiger partial charge in [0.15, 0.2) is 5.82 Å². The van der Waals surface area contributed by atoms with Crippen LogP contribution in [0.3, 0.4) is 0 Å². The Morgan fingerprint density at radius 1 is 1.76 bits per heavy atom. The molecule has 0 radical (unpaired) electrons. The Balaban J connectivity index is 2.61. The van der Waals surface area contributed by atoms with E-state index >= 15 is 0 Å². The molecule has 2 N–H and O–H groups in total. The minimum atomic E-state index is -0.0715. The van der Waals surface area contributed by atoms with Gasteiger partial charge in [0.25, 0.3) is 0 Å². The van der Waals surface area contributed by atoms with Gasteiger partial charge >= 0.3 is 0 Å². The molecule has 6 nitrogen and oxygen atoms in total. The van der Waals surface area contributed by atoms with E-state index in [9.17, 15) is 4.79 Å². The molecule has 0 saturated heterocycles. The molecule has 1 rings (SSSR count). The average molecular weight is 300 g/mol. The van der Waals surface area contributed by atoms with E-state index in [1.54, 1.807) is 11.1 Å². The molecule has 1 heterocycles. The van der Waals surface area contributed by atoms with Gasteiger partial charge < -0.3 is 10.6 Å². The fraction of sp³-hybridized carbons (Fsp3) is 0.500. The first-order valence-electron chi connectivity index (χ1n) is 5.21. The Morgan fingerprint density at radius 3 is 2.94 bits per heavy atom. The summed E-state index contributed by atoms with van der Waals surface area (Å²) in [5.74, 6) is 0.288. The van der Waals surface area contributed by atoms with Crippen molar-refractivity contribution in [3.63, 3.8) is 0 Å². The molecule has 0 aliphatic heterocycles. The van der Waals surface area contributed by atoms with Crippen LogP contribution in [0.15, 0.2) is 10.7 Å². The zero-order chi connectivity index (χ0) is 12.8. The predicted molar refractivity (Wildman–Crippen MR) is 66.8 cm³/mol. The molecule has 0 aliphatic rings. The molecule has 1 aromatic heterocycles. The zero-order valence-corrected chi connectivity index (χ0v) is 11.1. The van der Waals surface area contributed by atoms with Gasteiger partial charge in [-0.2, -0.15) is 10.4 Å². The average Bonchev–Trinajstić information content (AvgIpc) is 2.59. The fourth-order valence-electron chi connectivity index (χ4n) is 1.38. The summed E-state index contributed by atoms with van der Waals surface area (Å²) in [6, 6.07) is 2.02. The van der Waals surface area contributed by atoms with Crippen molar-refractivity contribution in [2.45, 2.75) is 19.9 Å². The van der Waals surface area contributed by atoms with Crippen molar-refractivity contribution in [1.82, 2.24) is 14.7 Å². The van der Waals surface area contributed by atoms with E-state index < -0.39 is 0 Å². The second-order valence-electron chi connectivity index (χ2n) is 3.44. The van der Waals surface area contributed by atoms with Gasteiger partial charge in [-0.3, -0.25) is 9.48 Å². The number of anilines is 1. The van der Waals surface area contributed by atoms with Crippen LogP contribution in [-0.4, -0.2) is 33.7 Å². The lowest BCUT2D eigenvalue weighted by atomic mass is 10.4. The van der Waals surface area contributed by atoms with Crippen LogP contribution in [0.4, 0.5) is 5.82 Å². The predicted octanol–water partition coefficient (Wildman–Crippen LogP) is 0.990. The molecule has 0 aromatic carbocycles. The standard InChI is InChI=1S/C10H14BrN5O/c1-2-15(5-3-4-12)9(17)7-16-6-8(11)10(13)14-16/h6H,2-3,5,7H2,1H3,(H2,13,14). The number of likely N-dealkylation sites (N-methyl/N-ethyl adjacent to an activating group) is 1. The Hall–Kier alpha value is -1.55. The molecular formula is C10H14BrN5O. The summed E-state index contributed by atoms with van der Waals surface area (Å²) in [5.41, 5.74) is 5.56. The molecular weight excluding hydrogens is 286 g/mol. The molecule has 0 atom stereocenters. The number of rotatable bonds is 5. The number of nitrogen functional groups attached to an aromatic ring is 1. The van der Waals surface area contributed by atoms with Crippen LogP contribution in [-0.2, 0) is 11.3 Å². The first kappa shape index (κ1) is 13.5. The van der Waals surface area contributed by atoms with E-state index in [0.29, 0.717) is 29.8 Å². The van der Waals surface area contributed by atoms with Crippen LogP contribution in [0.25, 0.3) is 0 Å². The van der Waals surface area contributed by atoms with E-state index in [0.717, 1.165) is 0 Å². The van der Waals surface area contributed by atoms with Gasteiger partial charge in [-0.1, -0.05) is 0 Å². The zero-order valence-electron chi connectivity index (χ0n) is 9.56. The van der Waals surface area contributed by atoms with Crippen molar-refractivity contribution in [3.8, 4) is 6.07 Å². The van der Waals surface area contributed by atoms with Crippen LogP contribution >= 0.6 is 15.9 Å². The van der Waals surface area contributed by atoms with Crippen molar-refractivity contribution >= 4 is 27.7 Å². The number of nitrogens with zero attached hydrogens (tertiary/aromatic N) is 4. The second-order valence-corrected chi connectivity index (χ2v) is 4.30. The molecule has 0 bridgehead atoms. The second kappa shape index (κ2) is 6.25. The number of nitrogens with two attached hydrogens (primary N) is 1. The molecule has 0 spiro atoms. The number of aromatic nitrogens is 2. The number of hydrogen-bond donors (Lipinski definition) is 1. The maximum atomic E-state index is 11.9. The van der Waals surface area contributed by atoms with E-state index in [1.807, 2.05) is 13.0 Å². The Morgan fingerprint density at radius 2 is 2.47 bits per heavy atom. The molecule has 0 saturated carbocycles. The van der Waals surface area contributed by atoms with Gasteiger partial charge in [-0.25, -0.2) is 0 Å². The van der Waals surface area contributed by atoms with E-state index in [-0.39, 0.29) is 12.5 Å². The van der Waals surface area contributed by atoms with E-state index in [4.69, 9.17) is 11.0 Å². The monoisotopic (exact) mass is 299 g/mol. The van der Waals surface area contributed by atoms with Crippen molar-refractivity contribution < 1.29 is 4.79 Å². The normalized spacial score (nSPS) is 9.94. The third-order valence-electron chi connectivity index (χ3n) is 2.27. The third-order valence-corrected chi connectivity index (χ3v) is 2.88. The molecule has 1 aromatic rings. The highest BCUT2D eigenvalue weighted by atomic mass is 79.9. The third kappa shape index (κ3) is 3.75. The van der Waals surface area contributed by atoms with Crippen LogP contribution in [0, 0.1) is 11.3 Å². The fourth-order valence-corrected chi connectivity index (χ4v) is 1.69. The van der Waals surface area contributed by atoms with Crippen LogP contribution in [0.1, 0.15) is 13.3 Å². The summed E-state index contributed by atoms with van der Waals surface area (Å²) < 4.78 is 2.15. The van der Waals surface area contributed by atoms with Crippen LogP contribution in [0.5, 0.6) is 0 Å². The molecule has 7 heteroatoms. The largest absolute Gasteiger partial charge is 0.381 e. The molecule has 0 aliphatic carbocycles. The van der Waals surface area contributed by atoms with Crippen LogP contribution in [0.2, 0.25) is 0 Å². The Kier molecular flexibility index (Phi) is 4.97. The summed E-state index contributed by atoms with van der Waals surface area (Å²) >= 11 is 3.23. The highest BCUT2D eigenvalue weighted by Gasteiger charge is 2.13. The minimum absolute atomic E-state index is 0.0715. The summed E-state index contributed by atoms with van der Waals surface area (Å²) in [6.45, 7) is 3.04. The Bertz CT molecular complexity index is 417. The molecule has 17 heavy (non-hydrogen) atoms. The maximum Gasteiger partial charge on any atom is 0.244 e. The lowest BCUT2D eigenvalue weighted by molar-refractivity contribution is -0.131. The summed E-state index contributed by atoms with van der Waals surface area (Å²) in [5, 5.41) is 12.5. The van der Waals surface area contributed by atoms with Gasteiger partial charge in [0, 0.05) is 19.3 Å². The minimum Gasteiger partial charge on any atom is -0.381 e. The lowest BCUT2D eigenvalue weighted by Crippen LogP contribution is -2.34. The van der Waals surface area contributed by atoms with Crippen LogP contribution < -0.4 is 5.73 Å². The lowest BCUT2D eigenvalue weighted by Gasteiger charge is -2.19. The smallest absolute Gasteiger partial charge is 0.244 e. The van der Waals surface area contributed by atoms with Gasteiger partial charge in [-0.05, 0) is 22.9 Å². The molecule has 0 unspecified atom stereocenters. The van der Waals surface area contributed by atoms with Crippen molar-refractivity contribution in [3.05, 3.63) is 10.7 Å². The van der Waals surface area contributed by atoms with Crippen molar-refractivity contribution in [2.24, 2.45) is 0 Å². The summed E-state index contributed by atoms with van der Waals surface area (Å²) in [7, 11) is 0. The first-order valence-corrected chi connectivity index (χ1v) is 6.01. The van der Waals surface area contributed by atoms with Crippen molar-refractivity contribution in [1.29, 1.82) is 5.26 Å². The number of nitriles is 1. The van der Waals surface area contributed by atoms with Gasteiger partial charge in [-0.15, -0.1) is 0 Å². The highest BCUT2D eigenvalue weighted by molar-refractivity contribution is 9.10. The first-order chi connectivity index (χ1) is 8.08. The number of amides is 1. The highest BCUT2D eigenvalue weighted by Crippen LogP contribution is 2.16. The van der Waals surface area contributed by atoms with Crippen molar-refractivity contribution in [2.75, 3.05) is 18.8 Å². The molecule has 92 valence electrons. The van der Waals surface area contributed by atoms with E-state index in [2.05, 4.69) is 21.0 Å². The van der Waals surface area contributed by atoms with Gasteiger partial charge in [0.05, 0.1) is 17.0 Å². The topological polar surface area (TPSA) is 87.9 Å². The van der Waals surface area contributed by atoms with Gasteiger partial charge in [0.2, 0.25) is 5.91 Å². The van der Waals surface area contributed by atoms with Gasteiger partial charge in [0.1, 0.15) is 6.54 Å². The van der Waals surface area contributed by atoms with E-state index in [1.165, 1.54) is 4.68 Å². The summed E-state index contributed by atoms with van der Waals surface area (Å²) in [6.07, 6.45) is 2.00.